The van der Waals surface area contributed by atoms with E-state index in [4.69, 9.17) is 33.1 Å². The molecule has 12 heteroatoms. The Bertz CT molecular complexity index is 2330. The molecule has 0 radical (unpaired) electrons. The van der Waals surface area contributed by atoms with E-state index in [-0.39, 0.29) is 17.1 Å². The van der Waals surface area contributed by atoms with Crippen molar-refractivity contribution in [3.63, 3.8) is 0 Å². The fraction of sp³-hybridized carbons (Fsp3) is 0.143. The Morgan fingerprint density at radius 2 is 1.11 bits per heavy atom. The van der Waals surface area contributed by atoms with Crippen LogP contribution >= 0.6 is 45.3 Å². The van der Waals surface area contributed by atoms with Gasteiger partial charge in [-0.2, -0.15) is 0 Å². The van der Waals surface area contributed by atoms with Crippen molar-refractivity contribution >= 4 is 87.2 Å². The summed E-state index contributed by atoms with van der Waals surface area (Å²) in [6.45, 7) is 18.8. The maximum absolute atomic E-state index is 9.16. The molecule has 1 aliphatic carbocycles. The number of nitriles is 2. The second kappa shape index (κ2) is 11.5. The molecule has 0 amide bonds. The predicted molar refractivity (Wildman–Crippen MR) is 193 cm³/mol. The highest BCUT2D eigenvalue weighted by atomic mass is 32.1. The van der Waals surface area contributed by atoms with E-state index in [9.17, 15) is 0 Å². The topological polar surface area (TPSA) is 99.5 Å². The van der Waals surface area contributed by atoms with Crippen molar-refractivity contribution in [3.05, 3.63) is 82.5 Å². The normalized spacial score (nSPS) is 13.4. The quantitative estimate of drug-likeness (QED) is 0.0990. The third-order valence-corrected chi connectivity index (χ3v) is 12.6. The van der Waals surface area contributed by atoms with Gasteiger partial charge in [0.15, 0.2) is 0 Å². The van der Waals surface area contributed by atoms with Crippen LogP contribution in [0.3, 0.4) is 0 Å². The molecule has 0 unspecified atom stereocenters. The van der Waals surface area contributed by atoms with Crippen LogP contribution in [0.15, 0.2) is 58.5 Å². The van der Waals surface area contributed by atoms with Crippen molar-refractivity contribution in [2.75, 3.05) is 14.2 Å². The SMILES string of the molecule is [C-]#[N+]C(C#N)=Nc1cc(OC)c(-c2cc3cc4c(cc3s2)-c2cc3sc(-c5sc(N=C(C#N)[N+]#[C-])cc5OC)cc3cc2C4(C)C)s1. The average Bonchev–Trinajstić information content (AvgIpc) is 3.89. The lowest BCUT2D eigenvalue weighted by Crippen LogP contribution is -2.14. The van der Waals surface area contributed by atoms with E-state index in [1.165, 1.54) is 44.9 Å². The number of benzene rings is 2. The highest BCUT2D eigenvalue weighted by Crippen LogP contribution is 2.55. The Balaban J connectivity index is 1.31. The molecule has 0 bridgehead atoms. The van der Waals surface area contributed by atoms with Crippen molar-refractivity contribution in [1.29, 1.82) is 10.5 Å². The van der Waals surface area contributed by atoms with Gasteiger partial charge in [-0.3, -0.25) is 0 Å². The summed E-state index contributed by atoms with van der Waals surface area (Å²) in [5.74, 6) is 0.908. The molecule has 6 aromatic rings. The number of aliphatic imine (C=N–C) groups is 2. The van der Waals surface area contributed by atoms with Crippen LogP contribution in [0.5, 0.6) is 11.5 Å². The van der Waals surface area contributed by atoms with Crippen molar-refractivity contribution in [2.24, 2.45) is 9.98 Å². The summed E-state index contributed by atoms with van der Waals surface area (Å²) in [6.07, 6.45) is 0. The van der Waals surface area contributed by atoms with Gasteiger partial charge >= 0.3 is 11.7 Å². The zero-order valence-electron chi connectivity index (χ0n) is 25.3. The molecule has 0 aliphatic heterocycles. The number of fused-ring (bicyclic) bond motifs is 5. The highest BCUT2D eigenvalue weighted by Gasteiger charge is 2.36. The number of nitrogens with zero attached hydrogens (tertiary/aromatic N) is 6. The molecule has 1 aliphatic rings. The molecule has 7 rings (SSSR count). The van der Waals surface area contributed by atoms with Gasteiger partial charge in [-0.25, -0.2) is 10.5 Å². The number of ether oxygens (including phenoxy) is 2. The minimum atomic E-state index is -0.219. The molecule has 0 atom stereocenters. The van der Waals surface area contributed by atoms with Gasteiger partial charge in [0, 0.05) is 36.7 Å². The molecule has 47 heavy (non-hydrogen) atoms. The van der Waals surface area contributed by atoms with Gasteiger partial charge in [-0.1, -0.05) is 59.7 Å². The minimum Gasteiger partial charge on any atom is -0.495 e. The first-order valence-electron chi connectivity index (χ1n) is 14.0. The average molecular weight is 685 g/mol. The molecular weight excluding hydrogens is 665 g/mol. The predicted octanol–water partition coefficient (Wildman–Crippen LogP) is 10.8. The molecule has 4 aromatic heterocycles. The Morgan fingerprint density at radius 1 is 0.681 bits per heavy atom. The van der Waals surface area contributed by atoms with Gasteiger partial charge < -0.3 is 19.2 Å². The Hall–Kier alpha value is -5.34. The van der Waals surface area contributed by atoms with E-state index in [0.29, 0.717) is 21.5 Å². The fourth-order valence-electron chi connectivity index (χ4n) is 5.86. The second-order valence-electron chi connectivity index (χ2n) is 11.0. The lowest BCUT2D eigenvalue weighted by molar-refractivity contribution is 0.418. The van der Waals surface area contributed by atoms with Gasteiger partial charge in [0.05, 0.1) is 24.0 Å². The van der Waals surface area contributed by atoms with Crippen molar-refractivity contribution in [3.8, 4) is 54.3 Å². The van der Waals surface area contributed by atoms with Gasteiger partial charge in [0.25, 0.3) is 0 Å². The van der Waals surface area contributed by atoms with Crippen LogP contribution in [0.4, 0.5) is 10.0 Å². The fourth-order valence-corrected chi connectivity index (χ4v) is 10.2. The van der Waals surface area contributed by atoms with Crippen LogP contribution in [-0.2, 0) is 5.41 Å². The zero-order valence-corrected chi connectivity index (χ0v) is 28.5. The summed E-state index contributed by atoms with van der Waals surface area (Å²) in [4.78, 5) is 18.6. The lowest BCUT2D eigenvalue weighted by atomic mass is 9.82. The van der Waals surface area contributed by atoms with E-state index >= 15 is 0 Å². The van der Waals surface area contributed by atoms with Crippen molar-refractivity contribution in [1.82, 2.24) is 0 Å². The Kier molecular flexibility index (Phi) is 7.40. The molecule has 0 spiro atoms. The third-order valence-electron chi connectivity index (χ3n) is 8.05. The van der Waals surface area contributed by atoms with Gasteiger partial charge in [0.2, 0.25) is 10.0 Å². The van der Waals surface area contributed by atoms with Crippen LogP contribution in [0.25, 0.3) is 60.5 Å². The van der Waals surface area contributed by atoms with Gasteiger partial charge in [-0.15, -0.1) is 22.7 Å². The molecule has 226 valence electrons. The maximum Gasteiger partial charge on any atom is 0.350 e. The first-order valence-corrected chi connectivity index (χ1v) is 17.2. The number of methoxy groups -OCH3 is 2. The summed E-state index contributed by atoms with van der Waals surface area (Å²) in [5.41, 5.74) is 4.77. The zero-order chi connectivity index (χ0) is 33.0. The molecule has 0 N–H and O–H groups in total. The first-order chi connectivity index (χ1) is 22.7. The second-order valence-corrected chi connectivity index (χ2v) is 15.2. The molecule has 8 nitrogen and oxygen atoms in total. The molecule has 0 fully saturated rings. The standard InChI is InChI=1S/C35H20N6O2S4/c1-35(2)21-7-17-9-27(33-23(42-5)13-31(46-33)40-29(15-36)38-3)44-25(17)11-19(21)20-12-26-18(8-22(20)35)10-28(45-26)34-24(43-6)14-32(47-34)41-30(16-37)39-4/h7-14H,1-2,5-6H3. The Morgan fingerprint density at radius 3 is 1.47 bits per heavy atom. The number of amidine groups is 2. The summed E-state index contributed by atoms with van der Waals surface area (Å²) >= 11 is 6.16. The maximum atomic E-state index is 9.16. The van der Waals surface area contributed by atoms with Crippen LogP contribution in [0.2, 0.25) is 0 Å². The van der Waals surface area contributed by atoms with E-state index in [2.05, 4.69) is 69.9 Å². The van der Waals surface area contributed by atoms with Crippen molar-refractivity contribution < 1.29 is 9.47 Å². The Labute approximate surface area is 286 Å². The summed E-state index contributed by atoms with van der Waals surface area (Å²) < 4.78 is 13.6. The lowest BCUT2D eigenvalue weighted by Gasteiger charge is -2.21. The molecule has 2 aromatic carbocycles. The van der Waals surface area contributed by atoms with Crippen LogP contribution in [-0.4, -0.2) is 25.9 Å². The summed E-state index contributed by atoms with van der Waals surface area (Å²) in [5, 5.41) is 21.7. The van der Waals surface area contributed by atoms with E-state index < -0.39 is 0 Å². The number of thiophene rings is 4. The van der Waals surface area contributed by atoms with Gasteiger partial charge in [0.1, 0.15) is 23.6 Å². The first kappa shape index (κ1) is 30.3. The largest absolute Gasteiger partial charge is 0.495 e. The van der Waals surface area contributed by atoms with Crippen LogP contribution in [0.1, 0.15) is 25.0 Å². The smallest absolute Gasteiger partial charge is 0.350 e. The molecule has 0 saturated heterocycles. The molecule has 4 heterocycles. The third kappa shape index (κ3) is 4.96. The van der Waals surface area contributed by atoms with Crippen molar-refractivity contribution in [2.45, 2.75) is 19.3 Å². The number of hydrogen-bond donors (Lipinski definition) is 0. The summed E-state index contributed by atoms with van der Waals surface area (Å²) in [6, 6.07) is 20.7. The molecule has 0 saturated carbocycles. The van der Waals surface area contributed by atoms with E-state index in [0.717, 1.165) is 39.7 Å². The highest BCUT2D eigenvalue weighted by molar-refractivity contribution is 7.28. The van der Waals surface area contributed by atoms with Gasteiger partial charge in [-0.05, 0) is 69.4 Å². The monoisotopic (exact) mass is 684 g/mol. The minimum absolute atomic E-state index is 0.208. The number of hydrogen-bond acceptors (Lipinski definition) is 10. The van der Waals surface area contributed by atoms with Crippen LogP contribution in [0, 0.1) is 35.8 Å². The molecular formula is C35H20N6O2S4. The van der Waals surface area contributed by atoms with E-state index in [1.54, 1.807) is 49.0 Å². The summed E-state index contributed by atoms with van der Waals surface area (Å²) in [7, 11) is 3.22. The van der Waals surface area contributed by atoms with Crippen LogP contribution < -0.4 is 9.47 Å². The number of rotatable bonds is 6. The van der Waals surface area contributed by atoms with E-state index in [1.807, 2.05) is 12.1 Å².